The molecule has 0 amide bonds. The van der Waals surface area contributed by atoms with Gasteiger partial charge in [-0.15, -0.1) is 0 Å². The Kier molecular flexibility index (Phi) is 3.37. The Bertz CT molecular complexity index is 996. The summed E-state index contributed by atoms with van der Waals surface area (Å²) in [6.07, 6.45) is 0. The molecule has 108 valence electrons. The highest BCUT2D eigenvalue weighted by atomic mass is 35.5. The average Bonchev–Trinajstić information content (AvgIpc) is 2.74. The third-order valence-electron chi connectivity index (χ3n) is 3.48. The third-order valence-corrected chi connectivity index (χ3v) is 4.58. The number of benzene rings is 3. The van der Waals surface area contributed by atoms with Crippen LogP contribution in [0.5, 0.6) is 0 Å². The van der Waals surface area contributed by atoms with Gasteiger partial charge in [0, 0.05) is 5.02 Å². The number of H-pyrrole nitrogens is 1. The van der Waals surface area contributed by atoms with E-state index in [1.54, 1.807) is 0 Å². The number of nitrogens with one attached hydrogen (secondary N) is 1. The topological polar surface area (TPSA) is 28.9 Å². The lowest BCUT2D eigenvalue weighted by Gasteiger charge is -2.01. The molecule has 2 nitrogen and oxygen atoms in total. The van der Waals surface area contributed by atoms with Gasteiger partial charge in [-0.3, -0.25) is 0 Å². The summed E-state index contributed by atoms with van der Waals surface area (Å²) >= 11 is 7.56. The Labute approximate surface area is 136 Å². The van der Waals surface area contributed by atoms with Gasteiger partial charge in [0.1, 0.15) is 5.58 Å². The minimum atomic E-state index is 0.701. The van der Waals surface area contributed by atoms with Crippen molar-refractivity contribution in [2.24, 2.45) is 0 Å². The summed E-state index contributed by atoms with van der Waals surface area (Å²) in [5, 5.41) is 0.701. The van der Waals surface area contributed by atoms with E-state index in [2.05, 4.69) is 28.6 Å². The van der Waals surface area contributed by atoms with Gasteiger partial charge in [0.05, 0.1) is 10.2 Å². The Balaban J connectivity index is 1.97. The molecule has 0 radical (unpaired) electrons. The predicted molar refractivity (Wildman–Crippen MR) is 94.0 cm³/mol. The molecule has 4 rings (SSSR count). The molecule has 1 heterocycles. The second-order valence-electron chi connectivity index (χ2n) is 4.97. The number of rotatable bonds is 1. The van der Waals surface area contributed by atoms with Gasteiger partial charge in [0.25, 0.3) is 0 Å². The van der Waals surface area contributed by atoms with Crippen molar-refractivity contribution in [3.8, 4) is 11.1 Å². The van der Waals surface area contributed by atoms with Gasteiger partial charge in [-0.05, 0) is 41.5 Å². The summed E-state index contributed by atoms with van der Waals surface area (Å²) in [6.45, 7) is 0. The third kappa shape index (κ3) is 2.49. The van der Waals surface area contributed by atoms with Crippen LogP contribution in [0.2, 0.25) is 5.02 Å². The SMILES string of the molecule is Clc1ccc2oc3ccc(-c4ccccc4)cc3[nH]sc2c1. The fourth-order valence-electron chi connectivity index (χ4n) is 2.38. The van der Waals surface area contributed by atoms with Gasteiger partial charge in [0.2, 0.25) is 0 Å². The van der Waals surface area contributed by atoms with Crippen LogP contribution in [0, 0.1) is 0 Å². The normalized spacial score (nSPS) is 11.0. The van der Waals surface area contributed by atoms with Crippen molar-refractivity contribution in [1.82, 2.24) is 4.37 Å². The average molecular weight is 326 g/mol. The van der Waals surface area contributed by atoms with Crippen molar-refractivity contribution in [2.45, 2.75) is 0 Å². The van der Waals surface area contributed by atoms with Crippen molar-refractivity contribution in [3.05, 3.63) is 71.8 Å². The van der Waals surface area contributed by atoms with Gasteiger partial charge < -0.3 is 8.79 Å². The van der Waals surface area contributed by atoms with Crippen LogP contribution in [0.3, 0.4) is 0 Å². The molecule has 0 fully saturated rings. The van der Waals surface area contributed by atoms with Crippen molar-refractivity contribution in [2.75, 3.05) is 0 Å². The molecule has 0 unspecified atom stereocenters. The molecule has 0 saturated carbocycles. The van der Waals surface area contributed by atoms with E-state index in [9.17, 15) is 0 Å². The van der Waals surface area contributed by atoms with Crippen LogP contribution in [0.4, 0.5) is 0 Å². The first-order valence-corrected chi connectivity index (χ1v) is 8.09. The highest BCUT2D eigenvalue weighted by molar-refractivity contribution is 7.12. The van der Waals surface area contributed by atoms with E-state index in [4.69, 9.17) is 16.0 Å². The first kappa shape index (κ1) is 13.4. The van der Waals surface area contributed by atoms with Gasteiger partial charge in [-0.2, -0.15) is 0 Å². The molecule has 0 saturated heterocycles. The maximum atomic E-state index is 6.05. The van der Waals surface area contributed by atoms with Gasteiger partial charge in [-0.1, -0.05) is 59.5 Å². The van der Waals surface area contributed by atoms with Crippen LogP contribution in [0.1, 0.15) is 0 Å². The highest BCUT2D eigenvalue weighted by Crippen LogP contribution is 2.27. The van der Waals surface area contributed by atoms with Gasteiger partial charge >= 0.3 is 0 Å². The lowest BCUT2D eigenvalue weighted by atomic mass is 10.1. The Hall–Kier alpha value is -2.23. The zero-order valence-electron chi connectivity index (χ0n) is 11.5. The summed E-state index contributed by atoms with van der Waals surface area (Å²) in [4.78, 5) is 0. The molecular formula is C18H12ClNOS. The maximum Gasteiger partial charge on any atom is 0.151 e. The van der Waals surface area contributed by atoms with Crippen LogP contribution < -0.4 is 0 Å². The van der Waals surface area contributed by atoms with Crippen LogP contribution >= 0.6 is 23.1 Å². The van der Waals surface area contributed by atoms with Crippen molar-refractivity contribution in [3.63, 3.8) is 0 Å². The molecule has 0 spiro atoms. The highest BCUT2D eigenvalue weighted by Gasteiger charge is 2.03. The molecule has 0 aliphatic rings. The van der Waals surface area contributed by atoms with E-state index in [-0.39, 0.29) is 0 Å². The summed E-state index contributed by atoms with van der Waals surface area (Å²) in [6, 6.07) is 22.1. The Morgan fingerprint density at radius 1 is 0.818 bits per heavy atom. The molecule has 1 N–H and O–H groups in total. The zero-order valence-corrected chi connectivity index (χ0v) is 13.1. The fraction of sp³-hybridized carbons (Fsp3) is 0. The number of fused-ring (bicyclic) bond motifs is 2. The molecular weight excluding hydrogens is 314 g/mol. The van der Waals surface area contributed by atoms with Crippen molar-refractivity contribution in [1.29, 1.82) is 0 Å². The van der Waals surface area contributed by atoms with Crippen LogP contribution in [-0.4, -0.2) is 4.37 Å². The van der Waals surface area contributed by atoms with Gasteiger partial charge in [0.15, 0.2) is 5.58 Å². The molecule has 3 aromatic carbocycles. The first-order valence-electron chi connectivity index (χ1n) is 6.89. The van der Waals surface area contributed by atoms with Crippen molar-refractivity contribution < 1.29 is 4.42 Å². The first-order chi connectivity index (χ1) is 10.8. The Morgan fingerprint density at radius 2 is 1.64 bits per heavy atom. The maximum absolute atomic E-state index is 6.05. The van der Waals surface area contributed by atoms with E-state index < -0.39 is 0 Å². The Morgan fingerprint density at radius 3 is 2.50 bits per heavy atom. The summed E-state index contributed by atoms with van der Waals surface area (Å²) in [7, 11) is 0. The quantitative estimate of drug-likeness (QED) is 0.430. The minimum absolute atomic E-state index is 0.701. The van der Waals surface area contributed by atoms with Crippen LogP contribution in [0.15, 0.2) is 71.1 Å². The van der Waals surface area contributed by atoms with Crippen LogP contribution in [0.25, 0.3) is 32.5 Å². The molecule has 0 bridgehead atoms. The van der Waals surface area contributed by atoms with E-state index in [1.807, 2.05) is 42.5 Å². The molecule has 0 atom stereocenters. The van der Waals surface area contributed by atoms with Gasteiger partial charge in [-0.25, -0.2) is 0 Å². The lowest BCUT2D eigenvalue weighted by molar-refractivity contribution is 0.663. The summed E-state index contributed by atoms with van der Waals surface area (Å²) in [5.41, 5.74) is 4.92. The monoisotopic (exact) mass is 325 g/mol. The standard InChI is InChI=1S/C18H12ClNOS/c19-14-7-9-17-18(11-14)22-20-15-10-13(6-8-16(15)21-17)12-4-2-1-3-5-12/h1-11,20H. The minimum Gasteiger partial charge on any atom is -0.454 e. The zero-order chi connectivity index (χ0) is 14.9. The largest absolute Gasteiger partial charge is 0.454 e. The van der Waals surface area contributed by atoms with E-state index >= 15 is 0 Å². The number of hydrogen-bond acceptors (Lipinski definition) is 2. The summed E-state index contributed by atoms with van der Waals surface area (Å²) < 4.78 is 10.3. The number of halogens is 1. The van der Waals surface area contributed by atoms with Crippen LogP contribution in [-0.2, 0) is 0 Å². The summed E-state index contributed by atoms with van der Waals surface area (Å²) in [5.74, 6) is 0. The molecule has 1 aromatic heterocycles. The number of hydrogen-bond donors (Lipinski definition) is 1. The smallest absolute Gasteiger partial charge is 0.151 e. The second-order valence-corrected chi connectivity index (χ2v) is 6.26. The molecule has 22 heavy (non-hydrogen) atoms. The van der Waals surface area contributed by atoms with E-state index in [1.165, 1.54) is 17.1 Å². The lowest BCUT2D eigenvalue weighted by Crippen LogP contribution is -1.78. The molecule has 4 heteroatoms. The van der Waals surface area contributed by atoms with E-state index in [0.717, 1.165) is 26.9 Å². The molecule has 0 aliphatic heterocycles. The predicted octanol–water partition coefficient (Wildman–Crippen LogP) is 6.42. The molecule has 4 aromatic rings. The second kappa shape index (κ2) is 5.52. The fourth-order valence-corrected chi connectivity index (χ4v) is 3.40. The van der Waals surface area contributed by atoms with E-state index in [0.29, 0.717) is 5.02 Å². The van der Waals surface area contributed by atoms with Crippen molar-refractivity contribution >= 4 is 44.5 Å². The number of aromatic nitrogens is 1. The number of aromatic amines is 1. The molecule has 0 aliphatic carbocycles.